The number of amides is 1. The maximum absolute atomic E-state index is 12.2. The van der Waals surface area contributed by atoms with E-state index in [0.29, 0.717) is 12.1 Å². The zero-order chi connectivity index (χ0) is 13.9. The number of carbonyl (C=O) groups is 1. The van der Waals surface area contributed by atoms with Gasteiger partial charge in [0.1, 0.15) is 0 Å². The smallest absolute Gasteiger partial charge is 0.223 e. The molecule has 1 aliphatic carbocycles. The van der Waals surface area contributed by atoms with Crippen molar-refractivity contribution >= 4 is 5.91 Å². The van der Waals surface area contributed by atoms with Crippen molar-refractivity contribution in [3.63, 3.8) is 0 Å². The number of carbonyl (C=O) groups excluding carboxylic acids is 1. The molecule has 100 valence electrons. The predicted molar refractivity (Wildman–Crippen MR) is 74.1 cm³/mol. The summed E-state index contributed by atoms with van der Waals surface area (Å²) in [4.78, 5) is 12.2. The summed E-state index contributed by atoms with van der Waals surface area (Å²) in [5.41, 5.74) is 1.72. The first-order chi connectivity index (χ1) is 9.03. The van der Waals surface area contributed by atoms with E-state index in [9.17, 15) is 4.79 Å². The minimum Gasteiger partial charge on any atom is -0.352 e. The molecule has 0 bridgehead atoms. The van der Waals surface area contributed by atoms with Crippen LogP contribution in [-0.2, 0) is 11.3 Å². The Morgan fingerprint density at radius 3 is 2.95 bits per heavy atom. The van der Waals surface area contributed by atoms with Gasteiger partial charge in [-0.15, -0.1) is 0 Å². The van der Waals surface area contributed by atoms with E-state index in [0.717, 1.165) is 24.8 Å². The lowest BCUT2D eigenvalue weighted by atomic mass is 9.81. The highest BCUT2D eigenvalue weighted by molar-refractivity contribution is 5.79. The van der Waals surface area contributed by atoms with Crippen molar-refractivity contribution in [3.8, 4) is 6.07 Å². The number of rotatable bonds is 3. The lowest BCUT2D eigenvalue weighted by Gasteiger charge is -2.25. The van der Waals surface area contributed by atoms with Crippen LogP contribution in [-0.4, -0.2) is 5.91 Å². The Morgan fingerprint density at radius 1 is 1.53 bits per heavy atom. The van der Waals surface area contributed by atoms with Crippen molar-refractivity contribution in [1.29, 1.82) is 5.26 Å². The van der Waals surface area contributed by atoms with Crippen molar-refractivity contribution in [2.45, 2.75) is 39.7 Å². The molecule has 1 aromatic rings. The summed E-state index contributed by atoms with van der Waals surface area (Å²) in [6.45, 7) is 4.84. The van der Waals surface area contributed by atoms with Gasteiger partial charge in [0, 0.05) is 12.5 Å². The van der Waals surface area contributed by atoms with E-state index in [1.165, 1.54) is 0 Å². The fourth-order valence-corrected chi connectivity index (χ4v) is 2.88. The molecule has 2 rings (SSSR count). The van der Waals surface area contributed by atoms with Gasteiger partial charge in [0.05, 0.1) is 11.6 Å². The molecule has 0 aromatic heterocycles. The van der Waals surface area contributed by atoms with Crippen LogP contribution in [0.15, 0.2) is 24.3 Å². The average molecular weight is 256 g/mol. The number of nitriles is 1. The molecule has 0 heterocycles. The van der Waals surface area contributed by atoms with Crippen molar-refractivity contribution < 1.29 is 4.79 Å². The Bertz CT molecular complexity index is 514. The van der Waals surface area contributed by atoms with Gasteiger partial charge in [0.25, 0.3) is 0 Å². The first-order valence-corrected chi connectivity index (χ1v) is 6.80. The maximum Gasteiger partial charge on any atom is 0.223 e. The Balaban J connectivity index is 1.95. The molecule has 1 fully saturated rings. The molecule has 0 aliphatic heterocycles. The van der Waals surface area contributed by atoms with Crippen LogP contribution in [0.5, 0.6) is 0 Å². The van der Waals surface area contributed by atoms with Crippen LogP contribution >= 0.6 is 0 Å². The molecule has 1 unspecified atom stereocenters. The zero-order valence-corrected chi connectivity index (χ0v) is 11.6. The van der Waals surface area contributed by atoms with Crippen molar-refractivity contribution in [2.75, 3.05) is 0 Å². The van der Waals surface area contributed by atoms with Gasteiger partial charge >= 0.3 is 0 Å². The second-order valence-electron chi connectivity index (χ2n) is 5.96. The van der Waals surface area contributed by atoms with Crippen LogP contribution < -0.4 is 5.32 Å². The fraction of sp³-hybridized carbons (Fsp3) is 0.500. The minimum absolute atomic E-state index is 0.110. The quantitative estimate of drug-likeness (QED) is 0.903. The molecule has 1 aromatic carbocycles. The predicted octanol–water partition coefficient (Wildman–Crippen LogP) is 3.00. The van der Waals surface area contributed by atoms with Gasteiger partial charge in [-0.25, -0.2) is 0 Å². The lowest BCUT2D eigenvalue weighted by molar-refractivity contribution is -0.127. The molecule has 1 amide bonds. The zero-order valence-electron chi connectivity index (χ0n) is 11.6. The second-order valence-corrected chi connectivity index (χ2v) is 5.96. The first kappa shape index (κ1) is 13.6. The van der Waals surface area contributed by atoms with Crippen LogP contribution in [0.25, 0.3) is 0 Å². The summed E-state index contributed by atoms with van der Waals surface area (Å²) < 4.78 is 0. The number of hydrogen-bond donors (Lipinski definition) is 1. The van der Waals surface area contributed by atoms with Gasteiger partial charge in [0.15, 0.2) is 0 Å². The van der Waals surface area contributed by atoms with Gasteiger partial charge in [-0.05, 0) is 36.0 Å². The molecule has 1 saturated carbocycles. The Kier molecular flexibility index (Phi) is 3.90. The van der Waals surface area contributed by atoms with E-state index in [1.807, 2.05) is 18.2 Å². The topological polar surface area (TPSA) is 52.9 Å². The molecule has 19 heavy (non-hydrogen) atoms. The monoisotopic (exact) mass is 256 g/mol. The Hall–Kier alpha value is -1.82. The fourth-order valence-electron chi connectivity index (χ4n) is 2.88. The summed E-state index contributed by atoms with van der Waals surface area (Å²) in [6, 6.07) is 9.48. The van der Waals surface area contributed by atoms with Gasteiger partial charge < -0.3 is 5.32 Å². The lowest BCUT2D eigenvalue weighted by Crippen LogP contribution is -2.35. The number of nitrogens with zero attached hydrogens (tertiary/aromatic N) is 1. The van der Waals surface area contributed by atoms with Crippen molar-refractivity contribution in [2.24, 2.45) is 11.3 Å². The van der Waals surface area contributed by atoms with Gasteiger partial charge in [-0.3, -0.25) is 4.79 Å². The Morgan fingerprint density at radius 2 is 2.32 bits per heavy atom. The average Bonchev–Trinajstić information content (AvgIpc) is 2.76. The summed E-state index contributed by atoms with van der Waals surface area (Å²) in [7, 11) is 0. The molecule has 0 saturated heterocycles. The highest BCUT2D eigenvalue weighted by atomic mass is 16.1. The number of hydrogen-bond acceptors (Lipinski definition) is 2. The summed E-state index contributed by atoms with van der Waals surface area (Å²) in [6.07, 6.45) is 3.24. The molecule has 0 spiro atoms. The van der Waals surface area contributed by atoms with E-state index in [1.54, 1.807) is 6.07 Å². The van der Waals surface area contributed by atoms with E-state index in [-0.39, 0.29) is 17.2 Å². The van der Waals surface area contributed by atoms with E-state index < -0.39 is 0 Å². The molecule has 3 nitrogen and oxygen atoms in total. The van der Waals surface area contributed by atoms with E-state index >= 15 is 0 Å². The Labute approximate surface area is 114 Å². The second kappa shape index (κ2) is 5.44. The SMILES string of the molecule is CC1(C)CCCC1C(=O)NCc1cccc(C#N)c1. The molecule has 3 heteroatoms. The third kappa shape index (κ3) is 3.14. The summed E-state index contributed by atoms with van der Waals surface area (Å²) >= 11 is 0. The van der Waals surface area contributed by atoms with Crippen molar-refractivity contribution in [1.82, 2.24) is 5.32 Å². The number of nitrogens with one attached hydrogen (secondary N) is 1. The molecular weight excluding hydrogens is 236 g/mol. The normalized spacial score (nSPS) is 20.8. The maximum atomic E-state index is 12.2. The van der Waals surface area contributed by atoms with Crippen LogP contribution in [0.1, 0.15) is 44.2 Å². The molecule has 1 atom stereocenters. The van der Waals surface area contributed by atoms with Gasteiger partial charge in [-0.2, -0.15) is 5.26 Å². The summed E-state index contributed by atoms with van der Waals surface area (Å²) in [5.74, 6) is 0.261. The molecule has 1 N–H and O–H groups in total. The van der Waals surface area contributed by atoms with E-state index in [2.05, 4.69) is 25.2 Å². The first-order valence-electron chi connectivity index (χ1n) is 6.80. The molecule has 1 aliphatic rings. The summed E-state index contributed by atoms with van der Waals surface area (Å²) in [5, 5.41) is 11.8. The molecular formula is C16H20N2O. The van der Waals surface area contributed by atoms with Crippen LogP contribution in [0.2, 0.25) is 0 Å². The van der Waals surface area contributed by atoms with Gasteiger partial charge in [0.2, 0.25) is 5.91 Å². The van der Waals surface area contributed by atoms with Crippen LogP contribution in [0, 0.1) is 22.7 Å². The third-order valence-electron chi connectivity index (χ3n) is 4.10. The highest BCUT2D eigenvalue weighted by Crippen LogP contribution is 2.42. The van der Waals surface area contributed by atoms with Gasteiger partial charge in [-0.1, -0.05) is 32.4 Å². The van der Waals surface area contributed by atoms with E-state index in [4.69, 9.17) is 5.26 Å². The minimum atomic E-state index is 0.110. The van der Waals surface area contributed by atoms with Crippen LogP contribution in [0.3, 0.4) is 0 Å². The standard InChI is InChI=1S/C16H20N2O/c1-16(2)8-4-7-14(16)15(19)18-11-13-6-3-5-12(9-13)10-17/h3,5-6,9,14H,4,7-8,11H2,1-2H3,(H,18,19). The third-order valence-corrected chi connectivity index (χ3v) is 4.10. The van der Waals surface area contributed by atoms with Crippen molar-refractivity contribution in [3.05, 3.63) is 35.4 Å². The largest absolute Gasteiger partial charge is 0.352 e. The molecule has 0 radical (unpaired) electrons. The highest BCUT2D eigenvalue weighted by Gasteiger charge is 2.38. The number of benzene rings is 1. The van der Waals surface area contributed by atoms with Crippen LogP contribution in [0.4, 0.5) is 0 Å².